The van der Waals surface area contributed by atoms with Crippen molar-refractivity contribution in [3.05, 3.63) is 59.7 Å². The monoisotopic (exact) mass is 387 g/mol. The molecule has 0 unspecified atom stereocenters. The fourth-order valence-electron chi connectivity index (χ4n) is 3.35. The molecule has 27 heavy (non-hydrogen) atoms. The molecule has 0 bridgehead atoms. The van der Waals surface area contributed by atoms with Gasteiger partial charge in [0.1, 0.15) is 0 Å². The molecular weight excluding hydrogens is 362 g/mol. The fraction of sp³-hybridized carbons (Fsp3) is 0.333. The maximum absolute atomic E-state index is 12.7. The third kappa shape index (κ3) is 4.87. The van der Waals surface area contributed by atoms with Crippen LogP contribution >= 0.6 is 12.4 Å². The molecule has 1 saturated carbocycles. The number of carbonyl (C=O) groups is 2. The Bertz CT molecular complexity index is 802. The van der Waals surface area contributed by atoms with E-state index < -0.39 is 5.54 Å². The lowest BCUT2D eigenvalue weighted by molar-refractivity contribution is -0.122. The highest BCUT2D eigenvalue weighted by atomic mass is 35.5. The lowest BCUT2D eigenvalue weighted by Crippen LogP contribution is -2.52. The summed E-state index contributed by atoms with van der Waals surface area (Å²) < 4.78 is 0. The van der Waals surface area contributed by atoms with E-state index in [1.807, 2.05) is 43.3 Å². The second-order valence-electron chi connectivity index (χ2n) is 6.97. The van der Waals surface area contributed by atoms with Crippen LogP contribution in [-0.2, 0) is 4.79 Å². The molecule has 0 aromatic heterocycles. The topological polar surface area (TPSA) is 84.2 Å². The molecule has 3 rings (SSSR count). The van der Waals surface area contributed by atoms with Gasteiger partial charge in [-0.1, -0.05) is 43.5 Å². The molecule has 144 valence electrons. The minimum Gasteiger partial charge on any atom is -0.324 e. The molecule has 0 spiro atoms. The van der Waals surface area contributed by atoms with Crippen molar-refractivity contribution in [1.82, 2.24) is 0 Å². The fourth-order valence-corrected chi connectivity index (χ4v) is 3.35. The molecule has 0 heterocycles. The minimum absolute atomic E-state index is 0. The second kappa shape index (κ2) is 9.02. The van der Waals surface area contributed by atoms with Gasteiger partial charge in [0.05, 0.1) is 5.54 Å². The quantitative estimate of drug-likeness (QED) is 0.732. The third-order valence-corrected chi connectivity index (χ3v) is 5.06. The Hall–Kier alpha value is -2.37. The van der Waals surface area contributed by atoms with Crippen molar-refractivity contribution < 1.29 is 9.59 Å². The number of amides is 2. The van der Waals surface area contributed by atoms with Crippen LogP contribution in [0.25, 0.3) is 0 Å². The number of hydrogen-bond donors (Lipinski definition) is 3. The maximum atomic E-state index is 12.7. The molecular formula is C21H26ClN3O2. The number of anilines is 2. The van der Waals surface area contributed by atoms with Gasteiger partial charge in [0, 0.05) is 16.9 Å². The molecule has 5 nitrogen and oxygen atoms in total. The molecule has 0 atom stereocenters. The van der Waals surface area contributed by atoms with Crippen molar-refractivity contribution in [2.75, 3.05) is 10.6 Å². The van der Waals surface area contributed by atoms with Crippen molar-refractivity contribution in [2.45, 2.75) is 44.6 Å². The normalized spacial score (nSPS) is 15.3. The Balaban J connectivity index is 0.00000261. The van der Waals surface area contributed by atoms with Crippen molar-refractivity contribution >= 4 is 35.6 Å². The van der Waals surface area contributed by atoms with Gasteiger partial charge in [-0.2, -0.15) is 0 Å². The number of carbonyl (C=O) groups excluding carboxylic acids is 2. The Morgan fingerprint density at radius 3 is 2.11 bits per heavy atom. The van der Waals surface area contributed by atoms with E-state index in [0.717, 1.165) is 24.8 Å². The standard InChI is InChI=1S/C21H25N3O2.ClH/c1-15-17(23-19(25)16-9-4-2-5-10-16)11-8-12-18(15)24-20(26)21(22)13-6-3-7-14-21;/h2,4-5,8-12H,3,6-7,13-14,22H2,1H3,(H,23,25)(H,24,26);1H. The predicted molar refractivity (Wildman–Crippen MR) is 111 cm³/mol. The number of nitrogens with two attached hydrogens (primary N) is 1. The van der Waals surface area contributed by atoms with Gasteiger partial charge in [-0.15, -0.1) is 12.4 Å². The highest BCUT2D eigenvalue weighted by Gasteiger charge is 2.35. The second-order valence-corrected chi connectivity index (χ2v) is 6.97. The van der Waals surface area contributed by atoms with E-state index in [-0.39, 0.29) is 24.2 Å². The van der Waals surface area contributed by atoms with E-state index in [9.17, 15) is 9.59 Å². The van der Waals surface area contributed by atoms with E-state index >= 15 is 0 Å². The van der Waals surface area contributed by atoms with Crippen LogP contribution in [0.2, 0.25) is 0 Å². The average molecular weight is 388 g/mol. The summed E-state index contributed by atoms with van der Waals surface area (Å²) in [6.45, 7) is 1.88. The van der Waals surface area contributed by atoms with Crippen LogP contribution in [-0.4, -0.2) is 17.4 Å². The molecule has 1 fully saturated rings. The summed E-state index contributed by atoms with van der Waals surface area (Å²) >= 11 is 0. The summed E-state index contributed by atoms with van der Waals surface area (Å²) in [6.07, 6.45) is 4.52. The molecule has 1 aliphatic rings. The van der Waals surface area contributed by atoms with E-state index in [1.165, 1.54) is 0 Å². The number of hydrogen-bond acceptors (Lipinski definition) is 3. The first kappa shape index (κ1) is 20.9. The van der Waals surface area contributed by atoms with Crippen LogP contribution in [0.15, 0.2) is 48.5 Å². The van der Waals surface area contributed by atoms with Crippen LogP contribution in [0.5, 0.6) is 0 Å². The minimum atomic E-state index is -0.798. The zero-order valence-electron chi connectivity index (χ0n) is 15.5. The highest BCUT2D eigenvalue weighted by molar-refractivity contribution is 6.05. The van der Waals surface area contributed by atoms with E-state index in [4.69, 9.17) is 5.73 Å². The number of benzene rings is 2. The van der Waals surface area contributed by atoms with Gasteiger partial charge >= 0.3 is 0 Å². The summed E-state index contributed by atoms with van der Waals surface area (Å²) in [7, 11) is 0. The first-order valence-electron chi connectivity index (χ1n) is 9.06. The molecule has 4 N–H and O–H groups in total. The van der Waals surface area contributed by atoms with Crippen molar-refractivity contribution in [2.24, 2.45) is 5.73 Å². The molecule has 1 aliphatic carbocycles. The van der Waals surface area contributed by atoms with Gasteiger partial charge in [-0.3, -0.25) is 9.59 Å². The van der Waals surface area contributed by atoms with Gasteiger partial charge in [0.15, 0.2) is 0 Å². The number of halogens is 1. The summed E-state index contributed by atoms with van der Waals surface area (Å²) in [4.78, 5) is 25.1. The van der Waals surface area contributed by atoms with Gasteiger partial charge in [-0.25, -0.2) is 0 Å². The number of rotatable bonds is 4. The highest BCUT2D eigenvalue weighted by Crippen LogP contribution is 2.29. The third-order valence-electron chi connectivity index (χ3n) is 5.06. The molecule has 0 radical (unpaired) electrons. The van der Waals surface area contributed by atoms with Gasteiger partial charge in [-0.05, 0) is 49.6 Å². The first-order chi connectivity index (χ1) is 12.5. The van der Waals surface area contributed by atoms with E-state index in [1.54, 1.807) is 12.1 Å². The molecule has 6 heteroatoms. The molecule has 0 saturated heterocycles. The SMILES string of the molecule is Cc1c(NC(=O)c2ccccc2)cccc1NC(=O)C1(N)CCCCC1.Cl. The van der Waals surface area contributed by atoms with Crippen LogP contribution in [0.4, 0.5) is 11.4 Å². The van der Waals surface area contributed by atoms with E-state index in [2.05, 4.69) is 10.6 Å². The molecule has 2 amide bonds. The first-order valence-corrected chi connectivity index (χ1v) is 9.06. The lowest BCUT2D eigenvalue weighted by atomic mass is 9.82. The smallest absolute Gasteiger partial charge is 0.255 e. The number of nitrogens with one attached hydrogen (secondary N) is 2. The molecule has 2 aromatic rings. The summed E-state index contributed by atoms with van der Waals surface area (Å²) in [5.41, 5.74) is 8.26. The zero-order valence-corrected chi connectivity index (χ0v) is 16.3. The van der Waals surface area contributed by atoms with Crippen molar-refractivity contribution in [3.63, 3.8) is 0 Å². The summed E-state index contributed by atoms with van der Waals surface area (Å²) in [5.74, 6) is -0.327. The molecule has 0 aliphatic heterocycles. The van der Waals surface area contributed by atoms with Gasteiger partial charge in [0.2, 0.25) is 5.91 Å². The Morgan fingerprint density at radius 1 is 0.889 bits per heavy atom. The van der Waals surface area contributed by atoms with Crippen LogP contribution < -0.4 is 16.4 Å². The molecule has 2 aromatic carbocycles. The van der Waals surface area contributed by atoms with Crippen molar-refractivity contribution in [1.29, 1.82) is 0 Å². The average Bonchev–Trinajstić information content (AvgIpc) is 2.66. The van der Waals surface area contributed by atoms with Crippen LogP contribution in [0.3, 0.4) is 0 Å². The Morgan fingerprint density at radius 2 is 1.48 bits per heavy atom. The lowest BCUT2D eigenvalue weighted by Gasteiger charge is -2.32. The largest absolute Gasteiger partial charge is 0.324 e. The van der Waals surface area contributed by atoms with Gasteiger partial charge in [0.25, 0.3) is 5.91 Å². The summed E-state index contributed by atoms with van der Waals surface area (Å²) in [6, 6.07) is 14.5. The van der Waals surface area contributed by atoms with Crippen LogP contribution in [0, 0.1) is 6.92 Å². The van der Waals surface area contributed by atoms with Gasteiger partial charge < -0.3 is 16.4 Å². The van der Waals surface area contributed by atoms with E-state index in [0.29, 0.717) is 29.8 Å². The van der Waals surface area contributed by atoms with Crippen LogP contribution in [0.1, 0.15) is 48.0 Å². The Kier molecular flexibility index (Phi) is 6.99. The Labute approximate surface area is 166 Å². The van der Waals surface area contributed by atoms with Crippen molar-refractivity contribution in [3.8, 4) is 0 Å². The summed E-state index contributed by atoms with van der Waals surface area (Å²) in [5, 5.41) is 5.87. The zero-order chi connectivity index (χ0) is 18.6. The maximum Gasteiger partial charge on any atom is 0.255 e. The predicted octanol–water partition coefficient (Wildman–Crippen LogP) is 4.27.